The van der Waals surface area contributed by atoms with Gasteiger partial charge in [-0.2, -0.15) is 0 Å². The van der Waals surface area contributed by atoms with Gasteiger partial charge in [-0.1, -0.05) is 185 Å². The molecule has 0 rings (SSSR count). The number of allylic oxidation sites excluding steroid dienone is 8. The van der Waals surface area contributed by atoms with E-state index < -0.39 is 57.8 Å². The maximum Gasteiger partial charge on any atom is 0.472 e. The van der Waals surface area contributed by atoms with Crippen LogP contribution in [0.15, 0.2) is 48.6 Å². The second-order valence-corrected chi connectivity index (χ2v) is 17.7. The van der Waals surface area contributed by atoms with Gasteiger partial charge in [0.1, 0.15) is 12.7 Å². The molecule has 0 aliphatic heterocycles. The van der Waals surface area contributed by atoms with Gasteiger partial charge < -0.3 is 24.2 Å². The molecule has 0 aromatic rings. The number of unbranched alkanes of at least 4 members (excludes halogenated alkanes) is 20. The van der Waals surface area contributed by atoms with Crippen LogP contribution in [0.1, 0.15) is 213 Å². The molecule has 3 atom stereocenters. The molecule has 3 unspecified atom stereocenters. The monoisotopic (exact) mass is 897 g/mol. The lowest BCUT2D eigenvalue weighted by atomic mass is 10.1. The lowest BCUT2D eigenvalue weighted by Gasteiger charge is -2.21. The zero-order chi connectivity index (χ0) is 45.6. The third-order valence-electron chi connectivity index (χ3n) is 10.3. The molecule has 0 fully saturated rings. The highest BCUT2D eigenvalue weighted by molar-refractivity contribution is 7.47. The molecule has 2 N–H and O–H groups in total. The average Bonchev–Trinajstić information content (AvgIpc) is 3.25. The van der Waals surface area contributed by atoms with Gasteiger partial charge in [-0.3, -0.25) is 23.4 Å². The van der Waals surface area contributed by atoms with E-state index in [9.17, 15) is 28.9 Å². The van der Waals surface area contributed by atoms with Crippen LogP contribution in [-0.4, -0.2) is 66.5 Å². The van der Waals surface area contributed by atoms with Crippen molar-refractivity contribution in [1.82, 2.24) is 0 Å². The van der Waals surface area contributed by atoms with Gasteiger partial charge >= 0.3 is 25.7 Å². The van der Waals surface area contributed by atoms with E-state index in [1.807, 2.05) is 0 Å². The predicted molar refractivity (Wildman–Crippen MR) is 252 cm³/mol. The number of hydrogen-bond acceptors (Lipinski definition) is 10. The number of phosphoric ester groups is 1. The zero-order valence-corrected chi connectivity index (χ0v) is 40.2. The Morgan fingerprint density at radius 3 is 1.29 bits per heavy atom. The third kappa shape index (κ3) is 42.7. The first-order valence-electron chi connectivity index (χ1n) is 24.5. The molecule has 0 amide bonds. The van der Waals surface area contributed by atoms with Gasteiger partial charge in [-0.25, -0.2) is 4.57 Å². The Kier molecular flexibility index (Phi) is 43.2. The van der Waals surface area contributed by atoms with Crippen LogP contribution < -0.4 is 0 Å². The van der Waals surface area contributed by atoms with Crippen molar-refractivity contribution in [2.75, 3.05) is 26.4 Å². The van der Waals surface area contributed by atoms with E-state index in [0.717, 1.165) is 77.0 Å². The molecule has 0 aliphatic carbocycles. The van der Waals surface area contributed by atoms with Crippen molar-refractivity contribution in [3.05, 3.63) is 48.6 Å². The van der Waals surface area contributed by atoms with Gasteiger partial charge in [0.25, 0.3) is 0 Å². The van der Waals surface area contributed by atoms with Gasteiger partial charge in [-0.15, -0.1) is 0 Å². The fourth-order valence-corrected chi connectivity index (χ4v) is 7.31. The molecule has 12 heteroatoms. The Bertz CT molecular complexity index is 1230. The number of phosphoric acid groups is 1. The van der Waals surface area contributed by atoms with Crippen LogP contribution in [0, 0.1) is 0 Å². The predicted octanol–water partition coefficient (Wildman–Crippen LogP) is 13.5. The molecule has 0 radical (unpaired) electrons. The fraction of sp³-hybridized carbons (Fsp3) is 0.780. The van der Waals surface area contributed by atoms with Crippen LogP contribution in [0.2, 0.25) is 0 Å². The second kappa shape index (κ2) is 45.0. The summed E-state index contributed by atoms with van der Waals surface area (Å²) in [5.74, 6) is -1.51. The Hall–Kier alpha value is -2.56. The first-order valence-corrected chi connectivity index (χ1v) is 26.0. The molecule has 0 aromatic carbocycles. The van der Waals surface area contributed by atoms with Crippen molar-refractivity contribution in [2.45, 2.75) is 226 Å². The number of aliphatic hydroxyl groups excluding tert-OH is 1. The maximum absolute atomic E-state index is 12.8. The zero-order valence-electron chi connectivity index (χ0n) is 39.3. The number of hydrogen-bond donors (Lipinski definition) is 2. The Morgan fingerprint density at radius 2 is 0.839 bits per heavy atom. The number of ether oxygens (including phenoxy) is 3. The highest BCUT2D eigenvalue weighted by Crippen LogP contribution is 2.43. The van der Waals surface area contributed by atoms with Crippen molar-refractivity contribution in [3.8, 4) is 0 Å². The standard InChI is InChI=1S/C50H89O11P/c1-4-7-10-13-16-19-21-22-23-24-26-28-30-33-36-39-48(52)57-43-47(61-50(54)41-38-35-32-29-25-20-17-14-11-8-5-2)45-59-62(55,56)58-44-46(42-51)60-49(53)40-37-34-31-27-18-15-12-9-6-3/h7,10,16,19,22-23,26,28,46-47,51H,4-6,8-9,11-15,17-18,20-21,24-25,27,29-45H2,1-3H3,(H,55,56)/b10-7-,19-16-,23-22-,28-26-. The highest BCUT2D eigenvalue weighted by atomic mass is 31.2. The summed E-state index contributed by atoms with van der Waals surface area (Å²) in [6, 6.07) is 0. The fourth-order valence-electron chi connectivity index (χ4n) is 6.52. The summed E-state index contributed by atoms with van der Waals surface area (Å²) in [7, 11) is -4.74. The molecule has 0 bridgehead atoms. The summed E-state index contributed by atoms with van der Waals surface area (Å²) in [6.45, 7) is 4.43. The Balaban J connectivity index is 4.80. The molecule has 0 aliphatic rings. The summed E-state index contributed by atoms with van der Waals surface area (Å²) in [6.07, 6.45) is 43.8. The van der Waals surface area contributed by atoms with Gasteiger partial charge in [0.05, 0.1) is 19.8 Å². The Morgan fingerprint density at radius 1 is 0.468 bits per heavy atom. The van der Waals surface area contributed by atoms with E-state index in [1.165, 1.54) is 77.0 Å². The van der Waals surface area contributed by atoms with E-state index in [0.29, 0.717) is 19.3 Å². The van der Waals surface area contributed by atoms with Gasteiger partial charge in [0.15, 0.2) is 6.10 Å². The van der Waals surface area contributed by atoms with Crippen molar-refractivity contribution in [1.29, 1.82) is 0 Å². The average molecular weight is 897 g/mol. The summed E-state index contributed by atoms with van der Waals surface area (Å²) in [5.41, 5.74) is 0. The van der Waals surface area contributed by atoms with Crippen molar-refractivity contribution in [3.63, 3.8) is 0 Å². The number of carbonyl (C=O) groups excluding carboxylic acids is 3. The molecule has 11 nitrogen and oxygen atoms in total. The lowest BCUT2D eigenvalue weighted by Crippen LogP contribution is -2.30. The highest BCUT2D eigenvalue weighted by Gasteiger charge is 2.28. The number of aliphatic hydroxyl groups is 1. The molecule has 360 valence electrons. The van der Waals surface area contributed by atoms with Crippen LogP contribution in [0.3, 0.4) is 0 Å². The summed E-state index contributed by atoms with van der Waals surface area (Å²) >= 11 is 0. The first-order chi connectivity index (χ1) is 30.2. The van der Waals surface area contributed by atoms with Crippen molar-refractivity contribution < 1.29 is 52.2 Å². The van der Waals surface area contributed by atoms with Crippen LogP contribution in [0.4, 0.5) is 0 Å². The van der Waals surface area contributed by atoms with E-state index in [2.05, 4.69) is 69.4 Å². The van der Waals surface area contributed by atoms with Crippen LogP contribution >= 0.6 is 7.82 Å². The molecule has 0 heterocycles. The minimum atomic E-state index is -4.74. The molecule has 62 heavy (non-hydrogen) atoms. The van der Waals surface area contributed by atoms with Crippen molar-refractivity contribution >= 4 is 25.7 Å². The first kappa shape index (κ1) is 59.4. The molecule has 0 spiro atoms. The molecule has 0 saturated carbocycles. The summed E-state index contributed by atoms with van der Waals surface area (Å²) < 4.78 is 39.2. The van der Waals surface area contributed by atoms with E-state index >= 15 is 0 Å². The SMILES string of the molecule is CC/C=C\C/C=C\C/C=C\C/C=C\CCCCC(=O)OCC(COP(=O)(O)OCC(CO)OC(=O)CCCCCCCCCCC)OC(=O)CCCCCCCCCCCCC. The number of carbonyl (C=O) groups is 3. The minimum absolute atomic E-state index is 0.161. The molecular weight excluding hydrogens is 808 g/mol. The van der Waals surface area contributed by atoms with Gasteiger partial charge in [0.2, 0.25) is 0 Å². The van der Waals surface area contributed by atoms with E-state index in [-0.39, 0.29) is 25.9 Å². The third-order valence-corrected chi connectivity index (χ3v) is 11.2. The van der Waals surface area contributed by atoms with Gasteiger partial charge in [0, 0.05) is 19.3 Å². The van der Waals surface area contributed by atoms with Crippen molar-refractivity contribution in [2.24, 2.45) is 0 Å². The minimum Gasteiger partial charge on any atom is -0.462 e. The summed E-state index contributed by atoms with van der Waals surface area (Å²) in [4.78, 5) is 48.1. The van der Waals surface area contributed by atoms with E-state index in [4.69, 9.17) is 23.3 Å². The van der Waals surface area contributed by atoms with Gasteiger partial charge in [-0.05, 0) is 57.8 Å². The largest absolute Gasteiger partial charge is 0.472 e. The topological polar surface area (TPSA) is 155 Å². The molecular formula is C50H89O11P. The van der Waals surface area contributed by atoms with E-state index in [1.54, 1.807) is 0 Å². The van der Waals surface area contributed by atoms with Crippen LogP contribution in [-0.2, 0) is 42.2 Å². The number of rotatable bonds is 45. The second-order valence-electron chi connectivity index (χ2n) is 16.3. The quantitative estimate of drug-likeness (QED) is 0.0197. The lowest BCUT2D eigenvalue weighted by molar-refractivity contribution is -0.161. The maximum atomic E-state index is 12.8. The summed E-state index contributed by atoms with van der Waals surface area (Å²) in [5, 5.41) is 9.72. The Labute approximate surface area is 377 Å². The van der Waals surface area contributed by atoms with Crippen LogP contribution in [0.5, 0.6) is 0 Å². The normalized spacial score (nSPS) is 14.0. The number of esters is 3. The van der Waals surface area contributed by atoms with Crippen LogP contribution in [0.25, 0.3) is 0 Å². The smallest absolute Gasteiger partial charge is 0.462 e. The molecule has 0 aromatic heterocycles. The molecule has 0 saturated heterocycles.